The van der Waals surface area contributed by atoms with Crippen molar-refractivity contribution in [1.82, 2.24) is 15.4 Å². The number of alkyl halides is 2. The summed E-state index contributed by atoms with van der Waals surface area (Å²) in [6.07, 6.45) is 5.38. The van der Waals surface area contributed by atoms with E-state index < -0.39 is 11.8 Å². The predicted molar refractivity (Wildman–Crippen MR) is 144 cm³/mol. The van der Waals surface area contributed by atoms with Crippen molar-refractivity contribution < 1.29 is 22.5 Å². The second kappa shape index (κ2) is 11.2. The van der Waals surface area contributed by atoms with Crippen molar-refractivity contribution in [3.05, 3.63) is 47.9 Å². The van der Waals surface area contributed by atoms with E-state index in [0.29, 0.717) is 30.7 Å². The van der Waals surface area contributed by atoms with Crippen LogP contribution in [0.25, 0.3) is 11.3 Å². The molecule has 5 rings (SSSR count). The topological polar surface area (TPSA) is 85.3 Å². The molecule has 1 amide bonds. The molecular weight excluding hydrogens is 502 g/mol. The standard InChI is InChI=1S/C30H38F2N4O3/c1-29(2,3)28-34-33-26(38-28)10-5-4-6-17-36(27(37)21-13-15-30(31,32)16-14-21)23-9-7-8-22(18-23)24-19-25(39-35-24)20-11-12-20/h7-9,18-21H,4-6,10-17H2,1-3H3. The number of carbonyl (C=O) groups is 1. The Bertz CT molecular complexity index is 1260. The second-order valence-corrected chi connectivity index (χ2v) is 12.1. The van der Waals surface area contributed by atoms with E-state index in [1.807, 2.05) is 51.1 Å². The molecule has 39 heavy (non-hydrogen) atoms. The van der Waals surface area contributed by atoms with Crippen LogP contribution in [0.4, 0.5) is 14.5 Å². The number of aromatic nitrogens is 3. The zero-order chi connectivity index (χ0) is 27.6. The molecule has 2 aliphatic rings. The maximum absolute atomic E-state index is 13.8. The van der Waals surface area contributed by atoms with E-state index in [1.165, 1.54) is 0 Å². The van der Waals surface area contributed by atoms with Gasteiger partial charge in [-0.15, -0.1) is 10.2 Å². The van der Waals surface area contributed by atoms with Crippen LogP contribution in [0.15, 0.2) is 39.3 Å². The fourth-order valence-corrected chi connectivity index (χ4v) is 5.07. The normalized spacial score (nSPS) is 17.9. The van der Waals surface area contributed by atoms with Crippen molar-refractivity contribution >= 4 is 11.6 Å². The van der Waals surface area contributed by atoms with E-state index in [0.717, 1.165) is 54.8 Å². The van der Waals surface area contributed by atoms with E-state index in [4.69, 9.17) is 8.94 Å². The zero-order valence-electron chi connectivity index (χ0n) is 23.1. The first kappa shape index (κ1) is 27.5. The number of hydrogen-bond acceptors (Lipinski definition) is 6. The highest BCUT2D eigenvalue weighted by molar-refractivity contribution is 5.95. The minimum Gasteiger partial charge on any atom is -0.425 e. The van der Waals surface area contributed by atoms with Crippen LogP contribution in [0, 0.1) is 5.92 Å². The van der Waals surface area contributed by atoms with Crippen molar-refractivity contribution in [3.8, 4) is 11.3 Å². The van der Waals surface area contributed by atoms with Gasteiger partial charge in [-0.05, 0) is 50.7 Å². The Hall–Kier alpha value is -3.10. The summed E-state index contributed by atoms with van der Waals surface area (Å²) >= 11 is 0. The molecule has 0 unspecified atom stereocenters. The highest BCUT2D eigenvalue weighted by Crippen LogP contribution is 2.41. The number of amides is 1. The van der Waals surface area contributed by atoms with Gasteiger partial charge in [-0.3, -0.25) is 4.79 Å². The molecular formula is C30H38F2N4O3. The number of carbonyl (C=O) groups excluding carboxylic acids is 1. The molecule has 2 aromatic heterocycles. The van der Waals surface area contributed by atoms with Crippen LogP contribution in [0.1, 0.15) is 102 Å². The number of hydrogen-bond donors (Lipinski definition) is 0. The van der Waals surface area contributed by atoms with Crippen molar-refractivity contribution in [2.45, 2.75) is 102 Å². The van der Waals surface area contributed by atoms with Crippen LogP contribution in [0.5, 0.6) is 0 Å². The van der Waals surface area contributed by atoms with Gasteiger partial charge in [0.05, 0.1) is 0 Å². The summed E-state index contributed by atoms with van der Waals surface area (Å²) < 4.78 is 38.9. The third kappa shape index (κ3) is 6.92. The van der Waals surface area contributed by atoms with E-state index in [-0.39, 0.29) is 37.0 Å². The van der Waals surface area contributed by atoms with Crippen LogP contribution >= 0.6 is 0 Å². The van der Waals surface area contributed by atoms with Crippen LogP contribution in [0.2, 0.25) is 0 Å². The molecule has 0 aliphatic heterocycles. The molecule has 0 spiro atoms. The largest absolute Gasteiger partial charge is 0.425 e. The van der Waals surface area contributed by atoms with Crippen LogP contribution in [-0.4, -0.2) is 33.7 Å². The molecule has 0 saturated heterocycles. The lowest BCUT2D eigenvalue weighted by atomic mass is 9.85. The summed E-state index contributed by atoms with van der Waals surface area (Å²) in [7, 11) is 0. The van der Waals surface area contributed by atoms with Gasteiger partial charge < -0.3 is 13.8 Å². The Morgan fingerprint density at radius 3 is 2.51 bits per heavy atom. The molecule has 2 fully saturated rings. The summed E-state index contributed by atoms with van der Waals surface area (Å²) in [5.74, 6) is -0.517. The highest BCUT2D eigenvalue weighted by Gasteiger charge is 2.39. The first-order valence-corrected chi connectivity index (χ1v) is 14.2. The van der Waals surface area contributed by atoms with Crippen molar-refractivity contribution in [1.29, 1.82) is 0 Å². The molecule has 2 saturated carbocycles. The third-order valence-electron chi connectivity index (χ3n) is 7.67. The first-order valence-electron chi connectivity index (χ1n) is 14.2. The third-order valence-corrected chi connectivity index (χ3v) is 7.67. The van der Waals surface area contributed by atoms with Gasteiger partial charge in [0.25, 0.3) is 0 Å². The second-order valence-electron chi connectivity index (χ2n) is 12.1. The van der Waals surface area contributed by atoms with Crippen LogP contribution < -0.4 is 4.90 Å². The quantitative estimate of drug-likeness (QED) is 0.248. The maximum atomic E-state index is 13.8. The smallest absolute Gasteiger partial charge is 0.248 e. The lowest BCUT2D eigenvalue weighted by Crippen LogP contribution is -2.40. The molecule has 2 heterocycles. The Labute approximate surface area is 228 Å². The number of halogens is 2. The molecule has 1 aromatic carbocycles. The van der Waals surface area contributed by atoms with Gasteiger partial charge in [0.1, 0.15) is 11.5 Å². The van der Waals surface area contributed by atoms with Crippen LogP contribution in [0.3, 0.4) is 0 Å². The Balaban J connectivity index is 1.25. The molecule has 2 aliphatic carbocycles. The number of anilines is 1. The molecule has 3 aromatic rings. The van der Waals surface area contributed by atoms with Gasteiger partial charge in [-0.1, -0.05) is 44.5 Å². The van der Waals surface area contributed by atoms with Crippen molar-refractivity contribution in [2.75, 3.05) is 11.4 Å². The molecule has 7 nitrogen and oxygen atoms in total. The van der Waals surface area contributed by atoms with Crippen molar-refractivity contribution in [3.63, 3.8) is 0 Å². The SMILES string of the molecule is CC(C)(C)c1nnc(CCCCCN(C(=O)C2CCC(F)(F)CC2)c2cccc(-c3cc(C4CC4)on3)c2)o1. The minimum atomic E-state index is -2.67. The summed E-state index contributed by atoms with van der Waals surface area (Å²) in [6, 6.07) is 9.71. The average Bonchev–Trinajstić information content (AvgIpc) is 3.41. The van der Waals surface area contributed by atoms with E-state index in [9.17, 15) is 13.6 Å². The summed E-state index contributed by atoms with van der Waals surface area (Å²) in [6.45, 7) is 6.62. The van der Waals surface area contributed by atoms with E-state index in [1.54, 1.807) is 4.90 Å². The van der Waals surface area contributed by atoms with Gasteiger partial charge >= 0.3 is 0 Å². The zero-order valence-corrected chi connectivity index (χ0v) is 23.1. The number of rotatable bonds is 10. The van der Waals surface area contributed by atoms with Crippen molar-refractivity contribution in [2.24, 2.45) is 5.92 Å². The molecule has 0 N–H and O–H groups in total. The van der Waals surface area contributed by atoms with Gasteiger partial charge in [-0.25, -0.2) is 8.78 Å². The summed E-state index contributed by atoms with van der Waals surface area (Å²) in [4.78, 5) is 15.4. The number of benzene rings is 1. The fourth-order valence-electron chi connectivity index (χ4n) is 5.07. The fraction of sp³-hybridized carbons (Fsp3) is 0.600. The average molecular weight is 541 g/mol. The molecule has 0 atom stereocenters. The van der Waals surface area contributed by atoms with Gasteiger partial charge in [0, 0.05) is 60.4 Å². The predicted octanol–water partition coefficient (Wildman–Crippen LogP) is 7.47. The van der Waals surface area contributed by atoms with Gasteiger partial charge in [0.15, 0.2) is 0 Å². The lowest BCUT2D eigenvalue weighted by Gasteiger charge is -2.32. The van der Waals surface area contributed by atoms with Gasteiger partial charge in [0.2, 0.25) is 23.6 Å². The lowest BCUT2D eigenvalue weighted by molar-refractivity contribution is -0.126. The highest BCUT2D eigenvalue weighted by atomic mass is 19.3. The number of nitrogens with zero attached hydrogens (tertiary/aromatic N) is 4. The Kier molecular flexibility index (Phi) is 7.87. The molecule has 210 valence electrons. The first-order chi connectivity index (χ1) is 18.6. The van der Waals surface area contributed by atoms with E-state index in [2.05, 4.69) is 15.4 Å². The van der Waals surface area contributed by atoms with Crippen LogP contribution in [-0.2, 0) is 16.6 Å². The monoisotopic (exact) mass is 540 g/mol. The Morgan fingerprint density at radius 1 is 1.05 bits per heavy atom. The molecule has 0 bridgehead atoms. The summed E-state index contributed by atoms with van der Waals surface area (Å²) in [5, 5.41) is 12.6. The summed E-state index contributed by atoms with van der Waals surface area (Å²) in [5.41, 5.74) is 2.20. The molecule has 0 radical (unpaired) electrons. The number of unbranched alkanes of at least 4 members (excludes halogenated alkanes) is 2. The Morgan fingerprint density at radius 2 is 1.82 bits per heavy atom. The van der Waals surface area contributed by atoms with Gasteiger partial charge in [-0.2, -0.15) is 0 Å². The maximum Gasteiger partial charge on any atom is 0.248 e. The van der Waals surface area contributed by atoms with E-state index >= 15 is 0 Å². The molecule has 9 heteroatoms. The number of aryl methyl sites for hydroxylation is 1. The minimum absolute atomic E-state index is 0.0757.